The molecule has 0 saturated carbocycles. The van der Waals surface area contributed by atoms with Crippen LogP contribution in [0.15, 0.2) is 0 Å². The Hall–Kier alpha value is 0.714. The van der Waals surface area contributed by atoms with E-state index in [0.717, 1.165) is 5.92 Å². The molecule has 0 unspecified atom stereocenters. The normalized spacial score (nSPS) is 9.20. The Balaban J connectivity index is 2.54. The van der Waals surface area contributed by atoms with E-state index in [-0.39, 0.29) is 0 Å². The fourth-order valence-corrected chi connectivity index (χ4v) is 0. The third-order valence-electron chi connectivity index (χ3n) is 0.408. The van der Waals surface area contributed by atoms with Crippen molar-refractivity contribution in [2.24, 2.45) is 5.92 Å². The predicted molar refractivity (Wildman–Crippen MR) is 19.6 cm³/mol. The van der Waals surface area contributed by atoms with Crippen molar-refractivity contribution in [2.75, 3.05) is 0 Å². The van der Waals surface area contributed by atoms with Gasteiger partial charge in [-0.15, -0.1) is 0 Å². The first-order valence-corrected chi connectivity index (χ1v) is 3.02. The van der Waals surface area contributed by atoms with Crippen molar-refractivity contribution in [1.29, 1.82) is 0 Å². The number of hydrogen-bond donors (Lipinski definition) is 0. The van der Waals surface area contributed by atoms with Crippen LogP contribution in [0.2, 0.25) is 4.73 Å². The van der Waals surface area contributed by atoms with Crippen LogP contribution >= 0.6 is 0 Å². The molecule has 0 radical (unpaired) electrons. The van der Waals surface area contributed by atoms with Crippen molar-refractivity contribution >= 4 is 0 Å². The molecule has 0 saturated heterocycles. The molecule has 0 aromatic carbocycles. The van der Waals surface area contributed by atoms with E-state index in [2.05, 4.69) is 34.3 Å². The fraction of sp³-hybridized carbons (Fsp3) is 1.00. The third kappa shape index (κ3) is 4.71. The zero-order valence-corrected chi connectivity index (χ0v) is 5.35. The molecule has 0 fully saturated rings. The molecule has 0 atom stereocenters. The van der Waals surface area contributed by atoms with Crippen molar-refractivity contribution in [3.8, 4) is 0 Å². The van der Waals surface area contributed by atoms with Gasteiger partial charge in [0.1, 0.15) is 0 Å². The van der Waals surface area contributed by atoms with Gasteiger partial charge in [0.2, 0.25) is 0 Å². The van der Waals surface area contributed by atoms with E-state index in [4.69, 9.17) is 0 Å². The molecule has 0 aliphatic rings. The summed E-state index contributed by atoms with van der Waals surface area (Å²) in [5.41, 5.74) is 0. The molecule has 0 aliphatic carbocycles. The quantitative estimate of drug-likeness (QED) is 0.444. The van der Waals surface area contributed by atoms with Crippen molar-refractivity contribution in [3.63, 3.8) is 0 Å². The van der Waals surface area contributed by atoms with Crippen LogP contribution in [0, 0.1) is 5.92 Å². The predicted octanol–water partition coefficient (Wildman–Crippen LogP) is 1.61. The second kappa shape index (κ2) is 2.93. The van der Waals surface area contributed by atoms with Crippen LogP contribution in [-0.2, 0) is 20.4 Å². The summed E-state index contributed by atoms with van der Waals surface area (Å²) in [6, 6.07) is 0. The minimum absolute atomic E-state index is 0.884. The van der Waals surface area contributed by atoms with E-state index in [1.807, 2.05) is 0 Å². The topological polar surface area (TPSA) is 0 Å². The van der Waals surface area contributed by atoms with Gasteiger partial charge in [-0.1, -0.05) is 0 Å². The van der Waals surface area contributed by atoms with Crippen molar-refractivity contribution in [3.05, 3.63) is 0 Å². The maximum absolute atomic E-state index is 2.22. The summed E-state index contributed by atoms with van der Waals surface area (Å²) in [6.07, 6.45) is 0. The van der Waals surface area contributed by atoms with Gasteiger partial charge in [-0.3, -0.25) is 0 Å². The molecule has 0 aromatic rings. The van der Waals surface area contributed by atoms with Crippen LogP contribution in [0.1, 0.15) is 13.8 Å². The molecule has 1 heteroatoms. The first-order chi connectivity index (χ1) is 2.27. The molecule has 5 heavy (non-hydrogen) atoms. The molecule has 0 spiro atoms. The average molecular weight is 105 g/mol. The minimum atomic E-state index is 0.884. The van der Waals surface area contributed by atoms with E-state index in [1.165, 1.54) is 4.73 Å². The van der Waals surface area contributed by atoms with Gasteiger partial charge < -0.3 is 0 Å². The van der Waals surface area contributed by atoms with Gasteiger partial charge in [0.05, 0.1) is 0 Å². The Bertz CT molecular complexity index is 17.6. The van der Waals surface area contributed by atoms with E-state index >= 15 is 0 Å². The molecule has 0 rings (SSSR count). The SMILES string of the molecule is CC(C)[CH2][Ti]. The Kier molecular flexibility index (Phi) is 3.34. The summed E-state index contributed by atoms with van der Waals surface area (Å²) in [7, 11) is 0. The van der Waals surface area contributed by atoms with E-state index < -0.39 is 0 Å². The monoisotopic (exact) mass is 105 g/mol. The summed E-state index contributed by atoms with van der Waals surface area (Å²) in [6.45, 7) is 4.44. The van der Waals surface area contributed by atoms with Crippen LogP contribution in [0.3, 0.4) is 0 Å². The van der Waals surface area contributed by atoms with Crippen LogP contribution < -0.4 is 0 Å². The van der Waals surface area contributed by atoms with Gasteiger partial charge in [-0.05, 0) is 0 Å². The Labute approximate surface area is 45.4 Å². The summed E-state index contributed by atoms with van der Waals surface area (Å²) in [4.78, 5) is 0. The van der Waals surface area contributed by atoms with Crippen molar-refractivity contribution in [2.45, 2.75) is 18.6 Å². The second-order valence-corrected chi connectivity index (χ2v) is 2.24. The Morgan fingerprint density at radius 1 is 1.60 bits per heavy atom. The molecular weight excluding hydrogens is 95.9 g/mol. The maximum atomic E-state index is 2.22. The molecule has 0 nitrogen and oxygen atoms in total. The summed E-state index contributed by atoms with van der Waals surface area (Å²) in [5.74, 6) is 0.884. The Morgan fingerprint density at radius 3 is 1.80 bits per heavy atom. The van der Waals surface area contributed by atoms with E-state index in [9.17, 15) is 0 Å². The molecule has 0 heterocycles. The molecule has 29 valence electrons. The number of hydrogen-bond acceptors (Lipinski definition) is 0. The summed E-state index contributed by atoms with van der Waals surface area (Å²) < 4.78 is 1.31. The second-order valence-electron chi connectivity index (χ2n) is 1.60. The van der Waals surface area contributed by atoms with Crippen molar-refractivity contribution < 1.29 is 20.4 Å². The van der Waals surface area contributed by atoms with Gasteiger partial charge in [0.15, 0.2) is 0 Å². The van der Waals surface area contributed by atoms with E-state index in [1.54, 1.807) is 0 Å². The third-order valence-corrected chi connectivity index (χ3v) is 1.68. The van der Waals surface area contributed by atoms with Gasteiger partial charge >= 0.3 is 44.9 Å². The number of rotatable bonds is 1. The van der Waals surface area contributed by atoms with Crippen LogP contribution in [0.5, 0.6) is 0 Å². The fourth-order valence-electron chi connectivity index (χ4n) is 0. The first-order valence-electron chi connectivity index (χ1n) is 1.92. The van der Waals surface area contributed by atoms with Gasteiger partial charge in [-0.2, -0.15) is 0 Å². The van der Waals surface area contributed by atoms with Gasteiger partial charge in [0.25, 0.3) is 0 Å². The van der Waals surface area contributed by atoms with Gasteiger partial charge in [0, 0.05) is 0 Å². The zero-order chi connectivity index (χ0) is 4.28. The van der Waals surface area contributed by atoms with Crippen LogP contribution in [-0.4, -0.2) is 0 Å². The molecule has 0 aromatic heterocycles. The first kappa shape index (κ1) is 5.71. The summed E-state index contributed by atoms with van der Waals surface area (Å²) in [5, 5.41) is 0. The van der Waals surface area contributed by atoms with Crippen LogP contribution in [0.25, 0.3) is 0 Å². The average Bonchev–Trinajstić information content (AvgIpc) is 1.38. The molecule has 0 amide bonds. The van der Waals surface area contributed by atoms with Crippen LogP contribution in [0.4, 0.5) is 0 Å². The zero-order valence-electron chi connectivity index (χ0n) is 3.78. The van der Waals surface area contributed by atoms with Crippen molar-refractivity contribution in [1.82, 2.24) is 0 Å². The molecule has 0 N–H and O–H groups in total. The Morgan fingerprint density at radius 2 is 1.80 bits per heavy atom. The van der Waals surface area contributed by atoms with E-state index in [0.29, 0.717) is 0 Å². The summed E-state index contributed by atoms with van der Waals surface area (Å²) >= 11 is 2.20. The molecular formula is C4H9Ti. The standard InChI is InChI=1S/C4H9.Ti/c1-4(2)3;/h4H,1H2,2-3H3;. The molecule has 0 aliphatic heterocycles. The molecule has 0 bridgehead atoms. The van der Waals surface area contributed by atoms with Gasteiger partial charge in [-0.25, -0.2) is 0 Å².